The van der Waals surface area contributed by atoms with Crippen LogP contribution in [0.4, 0.5) is 0 Å². The van der Waals surface area contributed by atoms with E-state index in [1.54, 1.807) is 0 Å². The Balaban J connectivity index is 1.72. The van der Waals surface area contributed by atoms with Crippen LogP contribution in [0.15, 0.2) is 0 Å². The molecule has 3 nitrogen and oxygen atoms in total. The molecule has 18 heavy (non-hydrogen) atoms. The molecule has 1 aliphatic carbocycles. The van der Waals surface area contributed by atoms with Crippen molar-refractivity contribution >= 4 is 0 Å². The van der Waals surface area contributed by atoms with Gasteiger partial charge < -0.3 is 15.2 Å². The molecule has 2 unspecified atom stereocenters. The Kier molecular flexibility index (Phi) is 5.46. The lowest BCUT2D eigenvalue weighted by Gasteiger charge is -2.33. The standard InChI is InChI=1S/C15H29NO2/c1-2-13-4-3-5-14(7-6-13)16-12-15(17)8-10-18-11-9-15/h13-14,16-17H,2-12H2,1H3. The topological polar surface area (TPSA) is 41.5 Å². The third-order valence-corrected chi connectivity index (χ3v) is 4.81. The van der Waals surface area contributed by atoms with Crippen molar-refractivity contribution in [3.8, 4) is 0 Å². The molecule has 106 valence electrons. The smallest absolute Gasteiger partial charge is 0.0815 e. The summed E-state index contributed by atoms with van der Waals surface area (Å²) in [5, 5.41) is 14.0. The van der Waals surface area contributed by atoms with E-state index in [0.29, 0.717) is 19.3 Å². The molecule has 0 radical (unpaired) electrons. The summed E-state index contributed by atoms with van der Waals surface area (Å²) < 4.78 is 5.32. The molecule has 2 atom stereocenters. The van der Waals surface area contributed by atoms with E-state index in [4.69, 9.17) is 4.74 Å². The van der Waals surface area contributed by atoms with Crippen LogP contribution in [0, 0.1) is 5.92 Å². The minimum absolute atomic E-state index is 0.519. The monoisotopic (exact) mass is 255 g/mol. The molecule has 1 heterocycles. The first-order chi connectivity index (χ1) is 8.72. The number of rotatable bonds is 4. The second kappa shape index (κ2) is 6.88. The predicted octanol–water partition coefficient (Wildman–Crippen LogP) is 2.48. The second-order valence-electron chi connectivity index (χ2n) is 6.20. The van der Waals surface area contributed by atoms with Crippen molar-refractivity contribution in [3.05, 3.63) is 0 Å². The van der Waals surface area contributed by atoms with Crippen molar-refractivity contribution in [3.63, 3.8) is 0 Å². The maximum absolute atomic E-state index is 10.4. The Hall–Kier alpha value is -0.120. The molecule has 2 aliphatic rings. The number of nitrogens with one attached hydrogen (secondary N) is 1. The van der Waals surface area contributed by atoms with Crippen LogP contribution in [-0.2, 0) is 4.74 Å². The molecule has 1 aliphatic heterocycles. The maximum atomic E-state index is 10.4. The first kappa shape index (κ1) is 14.3. The first-order valence-electron chi connectivity index (χ1n) is 7.75. The van der Waals surface area contributed by atoms with Crippen molar-refractivity contribution in [1.29, 1.82) is 0 Å². The lowest BCUT2D eigenvalue weighted by atomic mass is 9.93. The van der Waals surface area contributed by atoms with Crippen LogP contribution >= 0.6 is 0 Å². The van der Waals surface area contributed by atoms with Gasteiger partial charge in [-0.25, -0.2) is 0 Å². The lowest BCUT2D eigenvalue weighted by Crippen LogP contribution is -2.47. The van der Waals surface area contributed by atoms with Gasteiger partial charge in [0.05, 0.1) is 5.60 Å². The van der Waals surface area contributed by atoms with Gasteiger partial charge in [0.15, 0.2) is 0 Å². The molecule has 3 heteroatoms. The summed E-state index contributed by atoms with van der Waals surface area (Å²) >= 11 is 0. The minimum atomic E-state index is -0.519. The summed E-state index contributed by atoms with van der Waals surface area (Å²) in [7, 11) is 0. The number of ether oxygens (including phenoxy) is 1. The average molecular weight is 255 g/mol. The fourth-order valence-corrected chi connectivity index (χ4v) is 3.25. The highest BCUT2D eigenvalue weighted by atomic mass is 16.5. The van der Waals surface area contributed by atoms with Gasteiger partial charge in [-0.05, 0) is 25.2 Å². The molecule has 2 N–H and O–H groups in total. The molecule has 1 saturated carbocycles. The van der Waals surface area contributed by atoms with Crippen LogP contribution in [0.2, 0.25) is 0 Å². The van der Waals surface area contributed by atoms with Crippen LogP contribution in [0.5, 0.6) is 0 Å². The quantitative estimate of drug-likeness (QED) is 0.758. The summed E-state index contributed by atoms with van der Waals surface area (Å²) in [6.45, 7) is 4.47. The van der Waals surface area contributed by atoms with E-state index in [1.807, 2.05) is 0 Å². The maximum Gasteiger partial charge on any atom is 0.0815 e. The molecule has 0 aromatic rings. The van der Waals surface area contributed by atoms with Crippen LogP contribution in [-0.4, -0.2) is 36.5 Å². The van der Waals surface area contributed by atoms with Crippen molar-refractivity contribution in [2.45, 2.75) is 69.9 Å². The third-order valence-electron chi connectivity index (χ3n) is 4.81. The van der Waals surface area contributed by atoms with E-state index in [2.05, 4.69) is 12.2 Å². The van der Waals surface area contributed by atoms with E-state index in [1.165, 1.54) is 38.5 Å². The van der Waals surface area contributed by atoms with Crippen molar-refractivity contribution < 1.29 is 9.84 Å². The van der Waals surface area contributed by atoms with Crippen molar-refractivity contribution in [2.75, 3.05) is 19.8 Å². The Morgan fingerprint density at radius 2 is 1.94 bits per heavy atom. The highest BCUT2D eigenvalue weighted by Crippen LogP contribution is 2.26. The van der Waals surface area contributed by atoms with E-state index in [9.17, 15) is 5.11 Å². The molecule has 0 spiro atoms. The number of hydrogen-bond acceptors (Lipinski definition) is 3. The van der Waals surface area contributed by atoms with E-state index < -0.39 is 5.60 Å². The van der Waals surface area contributed by atoms with Crippen LogP contribution in [0.3, 0.4) is 0 Å². The zero-order valence-electron chi connectivity index (χ0n) is 11.8. The van der Waals surface area contributed by atoms with Gasteiger partial charge in [-0.1, -0.05) is 26.2 Å². The molecular formula is C15H29NO2. The molecule has 0 aromatic heterocycles. The number of hydrogen-bond donors (Lipinski definition) is 2. The van der Waals surface area contributed by atoms with Crippen LogP contribution < -0.4 is 5.32 Å². The molecule has 0 aromatic carbocycles. The molecule has 2 fully saturated rings. The van der Waals surface area contributed by atoms with Gasteiger partial charge in [-0.3, -0.25) is 0 Å². The fraction of sp³-hybridized carbons (Fsp3) is 1.00. The summed E-state index contributed by atoms with van der Waals surface area (Å²) in [6, 6.07) is 0.619. The minimum Gasteiger partial charge on any atom is -0.388 e. The molecule has 0 bridgehead atoms. The molecule has 0 amide bonds. The third kappa shape index (κ3) is 4.22. The van der Waals surface area contributed by atoms with E-state index in [-0.39, 0.29) is 0 Å². The first-order valence-corrected chi connectivity index (χ1v) is 7.75. The summed E-state index contributed by atoms with van der Waals surface area (Å²) in [4.78, 5) is 0. The number of aliphatic hydroxyl groups is 1. The molecule has 2 rings (SSSR count). The van der Waals surface area contributed by atoms with Crippen LogP contribution in [0.1, 0.15) is 58.3 Å². The van der Waals surface area contributed by atoms with Gasteiger partial charge in [0, 0.05) is 38.6 Å². The fourth-order valence-electron chi connectivity index (χ4n) is 3.25. The zero-order valence-corrected chi connectivity index (χ0v) is 11.8. The Morgan fingerprint density at radius 3 is 2.67 bits per heavy atom. The van der Waals surface area contributed by atoms with E-state index in [0.717, 1.165) is 25.3 Å². The van der Waals surface area contributed by atoms with E-state index >= 15 is 0 Å². The van der Waals surface area contributed by atoms with Gasteiger partial charge in [0.25, 0.3) is 0 Å². The zero-order chi connectivity index (χ0) is 12.8. The Bertz CT molecular complexity index is 239. The molecular weight excluding hydrogens is 226 g/mol. The Labute approximate surface area is 111 Å². The van der Waals surface area contributed by atoms with Gasteiger partial charge in [-0.2, -0.15) is 0 Å². The van der Waals surface area contributed by atoms with Crippen molar-refractivity contribution in [2.24, 2.45) is 5.92 Å². The van der Waals surface area contributed by atoms with Crippen LogP contribution in [0.25, 0.3) is 0 Å². The highest BCUT2D eigenvalue weighted by Gasteiger charge is 2.30. The van der Waals surface area contributed by atoms with Gasteiger partial charge in [-0.15, -0.1) is 0 Å². The average Bonchev–Trinajstić information content (AvgIpc) is 2.62. The summed E-state index contributed by atoms with van der Waals surface area (Å²) in [5.74, 6) is 0.933. The second-order valence-corrected chi connectivity index (χ2v) is 6.20. The predicted molar refractivity (Wildman–Crippen MR) is 73.7 cm³/mol. The summed E-state index contributed by atoms with van der Waals surface area (Å²) in [5.41, 5.74) is -0.519. The highest BCUT2D eigenvalue weighted by molar-refractivity contribution is 4.85. The van der Waals surface area contributed by atoms with Gasteiger partial charge in [0.2, 0.25) is 0 Å². The molecule has 1 saturated heterocycles. The van der Waals surface area contributed by atoms with Crippen molar-refractivity contribution in [1.82, 2.24) is 5.32 Å². The SMILES string of the molecule is CCC1CCCC(NCC2(O)CCOCC2)CC1. The lowest BCUT2D eigenvalue weighted by molar-refractivity contribution is -0.0629. The van der Waals surface area contributed by atoms with Gasteiger partial charge in [0.1, 0.15) is 0 Å². The van der Waals surface area contributed by atoms with Gasteiger partial charge >= 0.3 is 0 Å². The Morgan fingerprint density at radius 1 is 1.17 bits per heavy atom. The normalized spacial score (nSPS) is 33.0. The summed E-state index contributed by atoms with van der Waals surface area (Å²) in [6.07, 6.45) is 9.55. The largest absolute Gasteiger partial charge is 0.388 e.